The number of ether oxygens (including phenoxy) is 1. The number of aromatic nitrogens is 1. The molecule has 1 aliphatic rings. The third-order valence-corrected chi connectivity index (χ3v) is 6.42. The van der Waals surface area contributed by atoms with Crippen molar-refractivity contribution >= 4 is 39.7 Å². The molecule has 0 saturated heterocycles. The maximum absolute atomic E-state index is 13.2. The van der Waals surface area contributed by atoms with Crippen molar-refractivity contribution in [3.63, 3.8) is 0 Å². The number of amides is 1. The molecular formula is C21H23ClN2O2S. The van der Waals surface area contributed by atoms with E-state index in [0.717, 1.165) is 35.9 Å². The van der Waals surface area contributed by atoms with Crippen LogP contribution in [-0.4, -0.2) is 16.6 Å². The Morgan fingerprint density at radius 2 is 2.26 bits per heavy atom. The fourth-order valence-corrected chi connectivity index (χ4v) is 4.74. The highest BCUT2D eigenvalue weighted by atomic mass is 35.5. The van der Waals surface area contributed by atoms with E-state index in [1.165, 1.54) is 4.88 Å². The van der Waals surface area contributed by atoms with E-state index in [-0.39, 0.29) is 18.1 Å². The van der Waals surface area contributed by atoms with Gasteiger partial charge in [0.1, 0.15) is 17.5 Å². The van der Waals surface area contributed by atoms with Crippen molar-refractivity contribution in [1.82, 2.24) is 9.88 Å². The van der Waals surface area contributed by atoms with Crippen LogP contribution >= 0.6 is 22.9 Å². The van der Waals surface area contributed by atoms with Crippen LogP contribution in [0.2, 0.25) is 5.02 Å². The Bertz CT molecular complexity index is 964. The molecular weight excluding hydrogens is 380 g/mol. The lowest BCUT2D eigenvalue weighted by Gasteiger charge is -2.27. The minimum atomic E-state index is -0.0585. The standard InChI is InChI=1S/C21H23ClN2O2S/c1-3-6-16(19-7-5-10-27-19)23-21(25)17-11-14-15(22)8-9-18-20(14)24(17)12-13(4-2)26-18/h5,7-11,13,16H,3-4,6,12H2,1-2H3,(H,23,25)/t13-,16-/m0/s1. The van der Waals surface area contributed by atoms with Crippen molar-refractivity contribution in [2.24, 2.45) is 0 Å². The minimum Gasteiger partial charge on any atom is -0.486 e. The Labute approximate surface area is 168 Å². The molecule has 1 aromatic carbocycles. The zero-order chi connectivity index (χ0) is 19.0. The van der Waals surface area contributed by atoms with Crippen LogP contribution in [0, 0.1) is 0 Å². The molecule has 1 N–H and O–H groups in total. The maximum Gasteiger partial charge on any atom is 0.268 e. The number of carbonyl (C=O) groups is 1. The van der Waals surface area contributed by atoms with Crippen LogP contribution in [-0.2, 0) is 6.54 Å². The van der Waals surface area contributed by atoms with Crippen molar-refractivity contribution < 1.29 is 9.53 Å². The van der Waals surface area contributed by atoms with Gasteiger partial charge in [0.2, 0.25) is 0 Å². The normalized spacial score (nSPS) is 16.9. The third kappa shape index (κ3) is 3.34. The van der Waals surface area contributed by atoms with Gasteiger partial charge in [0.15, 0.2) is 0 Å². The van der Waals surface area contributed by atoms with Crippen LogP contribution in [0.5, 0.6) is 5.75 Å². The predicted octanol–water partition coefficient (Wildman–Crippen LogP) is 5.80. The second-order valence-electron chi connectivity index (χ2n) is 6.93. The number of carbonyl (C=O) groups excluding carboxylic acids is 1. The lowest BCUT2D eigenvalue weighted by Crippen LogP contribution is -2.33. The van der Waals surface area contributed by atoms with Gasteiger partial charge in [-0.25, -0.2) is 0 Å². The first kappa shape index (κ1) is 18.4. The van der Waals surface area contributed by atoms with Gasteiger partial charge in [-0.2, -0.15) is 0 Å². The molecule has 1 amide bonds. The van der Waals surface area contributed by atoms with Gasteiger partial charge in [-0.3, -0.25) is 4.79 Å². The summed E-state index contributed by atoms with van der Waals surface area (Å²) in [7, 11) is 0. The van der Waals surface area contributed by atoms with Crippen LogP contribution in [0.25, 0.3) is 10.9 Å². The van der Waals surface area contributed by atoms with Gasteiger partial charge in [-0.1, -0.05) is 37.9 Å². The third-order valence-electron chi connectivity index (χ3n) is 5.11. The molecule has 3 aromatic rings. The van der Waals surface area contributed by atoms with Gasteiger partial charge in [-0.15, -0.1) is 11.3 Å². The molecule has 2 aromatic heterocycles. The molecule has 2 atom stereocenters. The van der Waals surface area contributed by atoms with E-state index < -0.39 is 0 Å². The second-order valence-corrected chi connectivity index (χ2v) is 8.31. The molecule has 4 rings (SSSR count). The van der Waals surface area contributed by atoms with Gasteiger partial charge < -0.3 is 14.6 Å². The number of hydrogen-bond acceptors (Lipinski definition) is 3. The Balaban J connectivity index is 1.72. The van der Waals surface area contributed by atoms with Gasteiger partial charge in [0.25, 0.3) is 5.91 Å². The lowest BCUT2D eigenvalue weighted by atomic mass is 10.1. The van der Waals surface area contributed by atoms with E-state index in [0.29, 0.717) is 17.3 Å². The molecule has 0 spiro atoms. The van der Waals surface area contributed by atoms with E-state index in [4.69, 9.17) is 16.3 Å². The number of nitrogens with one attached hydrogen (secondary N) is 1. The molecule has 0 fully saturated rings. The van der Waals surface area contributed by atoms with Crippen LogP contribution in [0.15, 0.2) is 35.7 Å². The summed E-state index contributed by atoms with van der Waals surface area (Å²) < 4.78 is 8.14. The van der Waals surface area contributed by atoms with Crippen LogP contribution in [0.3, 0.4) is 0 Å². The number of hydrogen-bond donors (Lipinski definition) is 1. The molecule has 4 nitrogen and oxygen atoms in total. The molecule has 0 radical (unpaired) electrons. The van der Waals surface area contributed by atoms with Crippen molar-refractivity contribution in [3.05, 3.63) is 51.3 Å². The summed E-state index contributed by atoms with van der Waals surface area (Å²) in [6, 6.07) is 9.78. The van der Waals surface area contributed by atoms with E-state index in [9.17, 15) is 4.79 Å². The average Bonchev–Trinajstić information content (AvgIpc) is 3.33. The monoisotopic (exact) mass is 402 g/mol. The van der Waals surface area contributed by atoms with Gasteiger partial charge in [-0.05, 0) is 42.5 Å². The van der Waals surface area contributed by atoms with Gasteiger partial charge in [0.05, 0.1) is 23.1 Å². The summed E-state index contributed by atoms with van der Waals surface area (Å²) in [5.74, 6) is 0.742. The van der Waals surface area contributed by atoms with Crippen LogP contribution in [0.4, 0.5) is 0 Å². The predicted molar refractivity (Wildman–Crippen MR) is 111 cm³/mol. The molecule has 0 bridgehead atoms. The summed E-state index contributed by atoms with van der Waals surface area (Å²) in [4.78, 5) is 14.4. The van der Waals surface area contributed by atoms with Crippen LogP contribution < -0.4 is 10.1 Å². The largest absolute Gasteiger partial charge is 0.486 e. The summed E-state index contributed by atoms with van der Waals surface area (Å²) in [6.45, 7) is 4.89. The molecule has 3 heterocycles. The van der Waals surface area contributed by atoms with E-state index in [1.54, 1.807) is 11.3 Å². The molecule has 142 valence electrons. The lowest BCUT2D eigenvalue weighted by molar-refractivity contribution is 0.0919. The van der Waals surface area contributed by atoms with Crippen molar-refractivity contribution in [2.45, 2.75) is 51.8 Å². The maximum atomic E-state index is 13.2. The zero-order valence-electron chi connectivity index (χ0n) is 15.5. The summed E-state index contributed by atoms with van der Waals surface area (Å²) in [6.07, 6.45) is 2.87. The quantitative estimate of drug-likeness (QED) is 0.566. The van der Waals surface area contributed by atoms with Crippen molar-refractivity contribution in [1.29, 1.82) is 0 Å². The topological polar surface area (TPSA) is 43.3 Å². The first-order chi connectivity index (χ1) is 13.1. The number of nitrogens with zero attached hydrogens (tertiary/aromatic N) is 1. The molecule has 6 heteroatoms. The Kier molecular flexibility index (Phi) is 5.15. The number of benzene rings is 1. The summed E-state index contributed by atoms with van der Waals surface area (Å²) in [5.41, 5.74) is 1.57. The SMILES string of the molecule is CCC[C@H](NC(=O)c1cc2c(Cl)ccc3c2n1C[C@H](CC)O3)c1cccs1. The van der Waals surface area contributed by atoms with E-state index in [1.807, 2.05) is 24.3 Å². The highest BCUT2D eigenvalue weighted by Gasteiger charge is 2.28. The van der Waals surface area contributed by atoms with Crippen molar-refractivity contribution in [3.8, 4) is 5.75 Å². The van der Waals surface area contributed by atoms with Crippen molar-refractivity contribution in [2.75, 3.05) is 0 Å². The molecule has 1 aliphatic heterocycles. The van der Waals surface area contributed by atoms with E-state index >= 15 is 0 Å². The average molecular weight is 403 g/mol. The second kappa shape index (κ2) is 7.56. The number of thiophene rings is 1. The summed E-state index contributed by atoms with van der Waals surface area (Å²) in [5, 5.41) is 6.80. The minimum absolute atomic E-state index is 0.0325. The van der Waals surface area contributed by atoms with Crippen LogP contribution in [0.1, 0.15) is 54.5 Å². The Morgan fingerprint density at radius 1 is 1.41 bits per heavy atom. The Hall–Kier alpha value is -1.98. The summed E-state index contributed by atoms with van der Waals surface area (Å²) >= 11 is 8.09. The van der Waals surface area contributed by atoms with Gasteiger partial charge in [0, 0.05) is 10.3 Å². The number of rotatable bonds is 6. The number of halogens is 1. The molecule has 27 heavy (non-hydrogen) atoms. The Morgan fingerprint density at radius 3 is 2.96 bits per heavy atom. The molecule has 0 saturated carbocycles. The first-order valence-electron chi connectivity index (χ1n) is 9.45. The fraction of sp³-hybridized carbons (Fsp3) is 0.381. The molecule has 0 unspecified atom stereocenters. The highest BCUT2D eigenvalue weighted by Crippen LogP contribution is 2.38. The fourth-order valence-electron chi connectivity index (χ4n) is 3.72. The van der Waals surface area contributed by atoms with E-state index in [2.05, 4.69) is 35.2 Å². The van der Waals surface area contributed by atoms with Gasteiger partial charge >= 0.3 is 0 Å². The zero-order valence-corrected chi connectivity index (χ0v) is 17.1. The highest BCUT2D eigenvalue weighted by molar-refractivity contribution is 7.10. The smallest absolute Gasteiger partial charge is 0.268 e. The first-order valence-corrected chi connectivity index (χ1v) is 10.7. The molecule has 0 aliphatic carbocycles.